The molecule has 0 bridgehead atoms. The summed E-state index contributed by atoms with van der Waals surface area (Å²) in [4.78, 5) is 11.8. The first-order valence-corrected chi connectivity index (χ1v) is 7.37. The van der Waals surface area contributed by atoms with Crippen LogP contribution >= 0.6 is 0 Å². The van der Waals surface area contributed by atoms with Gasteiger partial charge in [-0.2, -0.15) is 5.10 Å². The zero-order valence-corrected chi connectivity index (χ0v) is 12.5. The van der Waals surface area contributed by atoms with Gasteiger partial charge in [0.1, 0.15) is 0 Å². The van der Waals surface area contributed by atoms with E-state index in [1.807, 2.05) is 60.7 Å². The predicted molar refractivity (Wildman–Crippen MR) is 93.4 cm³/mol. The SMILES string of the molecule is O=C(NN=Cc1ccc(-c2ccccc2)cc1)c1ccccc1. The number of hydrogen-bond donors (Lipinski definition) is 1. The first-order valence-electron chi connectivity index (χ1n) is 7.37. The Hall–Kier alpha value is -3.20. The number of hydrogen-bond acceptors (Lipinski definition) is 2. The maximum absolute atomic E-state index is 11.8. The molecule has 0 saturated carbocycles. The number of benzene rings is 3. The molecule has 3 nitrogen and oxygen atoms in total. The molecule has 0 saturated heterocycles. The maximum atomic E-state index is 11.8. The van der Waals surface area contributed by atoms with Crippen LogP contribution in [0, 0.1) is 0 Å². The van der Waals surface area contributed by atoms with Gasteiger partial charge in [0.25, 0.3) is 5.91 Å². The lowest BCUT2D eigenvalue weighted by molar-refractivity contribution is 0.0955. The molecule has 3 rings (SSSR count). The average Bonchev–Trinajstić information content (AvgIpc) is 2.64. The molecule has 0 aliphatic carbocycles. The largest absolute Gasteiger partial charge is 0.271 e. The van der Waals surface area contributed by atoms with Crippen LogP contribution in [0.5, 0.6) is 0 Å². The Bertz CT molecular complexity index is 794. The Balaban J connectivity index is 1.63. The lowest BCUT2D eigenvalue weighted by atomic mass is 10.0. The van der Waals surface area contributed by atoms with Crippen molar-refractivity contribution in [3.63, 3.8) is 0 Å². The Morgan fingerprint density at radius 2 is 1.30 bits per heavy atom. The van der Waals surface area contributed by atoms with Crippen LogP contribution < -0.4 is 5.43 Å². The van der Waals surface area contributed by atoms with Crippen LogP contribution in [-0.4, -0.2) is 12.1 Å². The molecule has 3 aromatic rings. The van der Waals surface area contributed by atoms with E-state index in [9.17, 15) is 4.79 Å². The van der Waals surface area contributed by atoms with Gasteiger partial charge in [0.15, 0.2) is 0 Å². The maximum Gasteiger partial charge on any atom is 0.271 e. The first-order chi connectivity index (χ1) is 11.3. The second-order valence-electron chi connectivity index (χ2n) is 5.05. The summed E-state index contributed by atoms with van der Waals surface area (Å²) in [6.45, 7) is 0. The van der Waals surface area contributed by atoms with Crippen molar-refractivity contribution in [2.24, 2.45) is 5.10 Å². The first kappa shape index (κ1) is 14.7. The highest BCUT2D eigenvalue weighted by Gasteiger charge is 2.01. The molecule has 3 aromatic carbocycles. The Labute approximate surface area is 135 Å². The van der Waals surface area contributed by atoms with Crippen molar-refractivity contribution in [3.8, 4) is 11.1 Å². The molecular formula is C20H16N2O. The molecule has 0 aromatic heterocycles. The van der Waals surface area contributed by atoms with Crippen LogP contribution in [-0.2, 0) is 0 Å². The molecule has 0 unspecified atom stereocenters. The van der Waals surface area contributed by atoms with Crippen molar-refractivity contribution >= 4 is 12.1 Å². The topological polar surface area (TPSA) is 41.5 Å². The minimum absolute atomic E-state index is 0.220. The number of carbonyl (C=O) groups is 1. The minimum Gasteiger partial charge on any atom is -0.267 e. The zero-order valence-electron chi connectivity index (χ0n) is 12.5. The molecular weight excluding hydrogens is 284 g/mol. The molecule has 3 heteroatoms. The van der Waals surface area contributed by atoms with Gasteiger partial charge >= 0.3 is 0 Å². The highest BCUT2D eigenvalue weighted by molar-refractivity contribution is 5.94. The molecule has 112 valence electrons. The van der Waals surface area contributed by atoms with Crippen LogP contribution in [0.15, 0.2) is 90.0 Å². The summed E-state index contributed by atoms with van der Waals surface area (Å²) in [6, 6.07) is 27.2. The zero-order chi connectivity index (χ0) is 15.9. The van der Waals surface area contributed by atoms with Crippen LogP contribution in [0.2, 0.25) is 0 Å². The Kier molecular flexibility index (Phi) is 4.60. The van der Waals surface area contributed by atoms with E-state index in [-0.39, 0.29) is 5.91 Å². The summed E-state index contributed by atoms with van der Waals surface area (Å²) in [6.07, 6.45) is 1.63. The van der Waals surface area contributed by atoms with Crippen LogP contribution in [0.1, 0.15) is 15.9 Å². The van der Waals surface area contributed by atoms with E-state index in [0.29, 0.717) is 5.56 Å². The van der Waals surface area contributed by atoms with Gasteiger partial charge in [-0.25, -0.2) is 5.43 Å². The Morgan fingerprint density at radius 3 is 1.96 bits per heavy atom. The fraction of sp³-hybridized carbons (Fsp3) is 0. The van der Waals surface area contributed by atoms with Gasteiger partial charge in [0.05, 0.1) is 6.21 Å². The highest BCUT2D eigenvalue weighted by Crippen LogP contribution is 2.18. The lowest BCUT2D eigenvalue weighted by Gasteiger charge is -2.02. The molecule has 1 N–H and O–H groups in total. The van der Waals surface area contributed by atoms with Crippen molar-refractivity contribution in [1.82, 2.24) is 5.43 Å². The third-order valence-corrected chi connectivity index (χ3v) is 3.43. The van der Waals surface area contributed by atoms with E-state index >= 15 is 0 Å². The fourth-order valence-corrected chi connectivity index (χ4v) is 2.21. The molecule has 1 amide bonds. The van der Waals surface area contributed by atoms with Crippen molar-refractivity contribution in [2.75, 3.05) is 0 Å². The van der Waals surface area contributed by atoms with Gasteiger partial charge in [-0.3, -0.25) is 4.79 Å². The monoisotopic (exact) mass is 300 g/mol. The second kappa shape index (κ2) is 7.18. The standard InChI is InChI=1S/C20H16N2O/c23-20(19-9-5-2-6-10-19)22-21-15-16-11-13-18(14-12-16)17-7-3-1-4-8-17/h1-15H,(H,22,23). The fourth-order valence-electron chi connectivity index (χ4n) is 2.21. The number of amides is 1. The second-order valence-corrected chi connectivity index (χ2v) is 5.05. The predicted octanol–water partition coefficient (Wildman–Crippen LogP) is 4.12. The van der Waals surface area contributed by atoms with Crippen LogP contribution in [0.25, 0.3) is 11.1 Å². The number of nitrogens with zero attached hydrogens (tertiary/aromatic N) is 1. The van der Waals surface area contributed by atoms with Crippen LogP contribution in [0.3, 0.4) is 0 Å². The molecule has 0 aliphatic heterocycles. The lowest BCUT2D eigenvalue weighted by Crippen LogP contribution is -2.17. The van der Waals surface area contributed by atoms with E-state index in [0.717, 1.165) is 11.1 Å². The minimum atomic E-state index is -0.220. The Morgan fingerprint density at radius 1 is 0.739 bits per heavy atom. The van der Waals surface area contributed by atoms with Gasteiger partial charge in [-0.05, 0) is 28.8 Å². The third-order valence-electron chi connectivity index (χ3n) is 3.43. The smallest absolute Gasteiger partial charge is 0.267 e. The summed E-state index contributed by atoms with van der Waals surface area (Å²) >= 11 is 0. The van der Waals surface area contributed by atoms with E-state index in [2.05, 4.69) is 22.7 Å². The summed E-state index contributed by atoms with van der Waals surface area (Å²) < 4.78 is 0. The number of hydrazone groups is 1. The highest BCUT2D eigenvalue weighted by atomic mass is 16.2. The summed E-state index contributed by atoms with van der Waals surface area (Å²) in [7, 11) is 0. The van der Waals surface area contributed by atoms with E-state index < -0.39 is 0 Å². The molecule has 23 heavy (non-hydrogen) atoms. The summed E-state index contributed by atoms with van der Waals surface area (Å²) in [5, 5.41) is 4.00. The molecule has 0 aliphatic rings. The van der Waals surface area contributed by atoms with E-state index in [4.69, 9.17) is 0 Å². The van der Waals surface area contributed by atoms with Gasteiger partial charge in [-0.15, -0.1) is 0 Å². The summed E-state index contributed by atoms with van der Waals surface area (Å²) in [5.74, 6) is -0.220. The van der Waals surface area contributed by atoms with Gasteiger partial charge in [0.2, 0.25) is 0 Å². The van der Waals surface area contributed by atoms with Crippen molar-refractivity contribution in [1.29, 1.82) is 0 Å². The van der Waals surface area contributed by atoms with Crippen molar-refractivity contribution < 1.29 is 4.79 Å². The van der Waals surface area contributed by atoms with Gasteiger partial charge in [-0.1, -0.05) is 72.8 Å². The van der Waals surface area contributed by atoms with Crippen molar-refractivity contribution in [2.45, 2.75) is 0 Å². The molecule has 0 atom stereocenters. The number of carbonyl (C=O) groups excluding carboxylic acids is 1. The molecule has 0 heterocycles. The molecule has 0 fully saturated rings. The number of rotatable bonds is 4. The average molecular weight is 300 g/mol. The van der Waals surface area contributed by atoms with Gasteiger partial charge in [0, 0.05) is 5.56 Å². The number of nitrogens with one attached hydrogen (secondary N) is 1. The van der Waals surface area contributed by atoms with E-state index in [1.54, 1.807) is 18.3 Å². The third kappa shape index (κ3) is 3.92. The van der Waals surface area contributed by atoms with Crippen LogP contribution in [0.4, 0.5) is 0 Å². The van der Waals surface area contributed by atoms with E-state index in [1.165, 1.54) is 5.56 Å². The van der Waals surface area contributed by atoms with Crippen molar-refractivity contribution in [3.05, 3.63) is 96.1 Å². The molecule has 0 spiro atoms. The summed E-state index contributed by atoms with van der Waals surface area (Å²) in [5.41, 5.74) is 6.36. The normalized spacial score (nSPS) is 10.6. The van der Waals surface area contributed by atoms with Gasteiger partial charge < -0.3 is 0 Å². The molecule has 0 radical (unpaired) electrons. The quantitative estimate of drug-likeness (QED) is 0.571.